The molecule has 0 aromatic heterocycles. The highest BCUT2D eigenvalue weighted by Gasteiger charge is 2.45. The first-order chi connectivity index (χ1) is 10.8. The molecule has 108 valence electrons. The van der Waals surface area contributed by atoms with Crippen molar-refractivity contribution in [1.29, 1.82) is 0 Å². The van der Waals surface area contributed by atoms with Gasteiger partial charge in [0.05, 0.1) is 11.6 Å². The summed E-state index contributed by atoms with van der Waals surface area (Å²) in [7, 11) is 0. The SMILES string of the molecule is CC12C=CC=CC1N=C(c1ccccc1)N2c1ccccc1. The van der Waals surface area contributed by atoms with Crippen LogP contribution in [0.3, 0.4) is 0 Å². The molecule has 4 rings (SSSR count). The van der Waals surface area contributed by atoms with Crippen molar-refractivity contribution >= 4 is 11.5 Å². The third-order valence-corrected chi connectivity index (χ3v) is 4.44. The molecule has 2 nitrogen and oxygen atoms in total. The van der Waals surface area contributed by atoms with Crippen molar-refractivity contribution in [3.8, 4) is 0 Å². The van der Waals surface area contributed by atoms with E-state index >= 15 is 0 Å². The van der Waals surface area contributed by atoms with Crippen LogP contribution in [0.15, 0.2) is 90.0 Å². The smallest absolute Gasteiger partial charge is 0.136 e. The average Bonchev–Trinajstić information content (AvgIpc) is 2.89. The van der Waals surface area contributed by atoms with Gasteiger partial charge in [-0.2, -0.15) is 0 Å². The van der Waals surface area contributed by atoms with E-state index in [2.05, 4.69) is 90.7 Å². The second-order valence-corrected chi connectivity index (χ2v) is 5.90. The van der Waals surface area contributed by atoms with Gasteiger partial charge in [0.25, 0.3) is 0 Å². The Morgan fingerprint density at radius 3 is 2.32 bits per heavy atom. The van der Waals surface area contributed by atoms with Crippen LogP contribution in [0.1, 0.15) is 12.5 Å². The molecule has 1 heterocycles. The van der Waals surface area contributed by atoms with Crippen LogP contribution in [0.4, 0.5) is 5.69 Å². The number of anilines is 1. The van der Waals surface area contributed by atoms with Crippen LogP contribution in [0.5, 0.6) is 0 Å². The van der Waals surface area contributed by atoms with E-state index in [1.807, 2.05) is 6.07 Å². The van der Waals surface area contributed by atoms with Gasteiger partial charge in [-0.05, 0) is 19.1 Å². The first-order valence-electron chi connectivity index (χ1n) is 7.63. The van der Waals surface area contributed by atoms with Gasteiger partial charge in [-0.1, -0.05) is 72.8 Å². The predicted octanol–water partition coefficient (Wildman–Crippen LogP) is 4.21. The van der Waals surface area contributed by atoms with E-state index in [0.29, 0.717) is 0 Å². The van der Waals surface area contributed by atoms with Gasteiger partial charge < -0.3 is 4.90 Å². The average molecular weight is 286 g/mol. The quantitative estimate of drug-likeness (QED) is 0.807. The first-order valence-corrected chi connectivity index (χ1v) is 7.63. The lowest BCUT2D eigenvalue weighted by Gasteiger charge is -2.38. The Hall–Kier alpha value is -2.61. The van der Waals surface area contributed by atoms with Crippen molar-refractivity contribution in [2.24, 2.45) is 4.99 Å². The Morgan fingerprint density at radius 2 is 1.59 bits per heavy atom. The highest BCUT2D eigenvalue weighted by Crippen LogP contribution is 2.39. The van der Waals surface area contributed by atoms with Gasteiger partial charge in [-0.3, -0.25) is 4.99 Å². The molecule has 1 aliphatic heterocycles. The van der Waals surface area contributed by atoms with E-state index in [-0.39, 0.29) is 11.6 Å². The highest BCUT2D eigenvalue weighted by atomic mass is 15.3. The third kappa shape index (κ3) is 1.92. The van der Waals surface area contributed by atoms with Crippen LogP contribution >= 0.6 is 0 Å². The van der Waals surface area contributed by atoms with E-state index in [0.717, 1.165) is 11.4 Å². The zero-order valence-electron chi connectivity index (χ0n) is 12.6. The Labute approximate surface area is 131 Å². The van der Waals surface area contributed by atoms with Crippen LogP contribution in [0.25, 0.3) is 0 Å². The maximum absolute atomic E-state index is 5.01. The van der Waals surface area contributed by atoms with E-state index in [1.165, 1.54) is 5.69 Å². The van der Waals surface area contributed by atoms with Crippen molar-refractivity contribution in [3.05, 3.63) is 90.5 Å². The number of para-hydroxylation sites is 1. The number of hydrogen-bond donors (Lipinski definition) is 0. The summed E-state index contributed by atoms with van der Waals surface area (Å²) in [4.78, 5) is 7.37. The summed E-state index contributed by atoms with van der Waals surface area (Å²) >= 11 is 0. The molecule has 22 heavy (non-hydrogen) atoms. The van der Waals surface area contributed by atoms with Crippen LogP contribution in [-0.2, 0) is 0 Å². The number of hydrogen-bond acceptors (Lipinski definition) is 2. The Balaban J connectivity index is 1.89. The molecule has 2 unspecified atom stereocenters. The normalized spacial score (nSPS) is 26.0. The second kappa shape index (κ2) is 4.99. The summed E-state index contributed by atoms with van der Waals surface area (Å²) < 4.78 is 0. The summed E-state index contributed by atoms with van der Waals surface area (Å²) in [5.74, 6) is 1.04. The monoisotopic (exact) mass is 286 g/mol. The lowest BCUT2D eigenvalue weighted by molar-refractivity contribution is 0.546. The van der Waals surface area contributed by atoms with Crippen LogP contribution < -0.4 is 4.90 Å². The molecule has 0 amide bonds. The third-order valence-electron chi connectivity index (χ3n) is 4.44. The van der Waals surface area contributed by atoms with Crippen molar-refractivity contribution in [2.45, 2.75) is 18.5 Å². The van der Waals surface area contributed by atoms with E-state index in [4.69, 9.17) is 4.99 Å². The van der Waals surface area contributed by atoms with Gasteiger partial charge in [0, 0.05) is 11.3 Å². The fourth-order valence-corrected chi connectivity index (χ4v) is 3.28. The Kier molecular flexibility index (Phi) is 2.97. The molecule has 2 heteroatoms. The lowest BCUT2D eigenvalue weighted by Crippen LogP contribution is -2.50. The molecule has 2 aromatic rings. The first kappa shape index (κ1) is 13.1. The van der Waals surface area contributed by atoms with E-state index in [1.54, 1.807) is 0 Å². The molecular formula is C20H18N2. The van der Waals surface area contributed by atoms with Gasteiger partial charge in [-0.25, -0.2) is 0 Å². The van der Waals surface area contributed by atoms with Gasteiger partial charge in [0.1, 0.15) is 5.84 Å². The number of benzene rings is 2. The number of nitrogens with zero attached hydrogens (tertiary/aromatic N) is 2. The van der Waals surface area contributed by atoms with Crippen LogP contribution in [0.2, 0.25) is 0 Å². The van der Waals surface area contributed by atoms with E-state index < -0.39 is 0 Å². The number of amidine groups is 1. The summed E-state index contributed by atoms with van der Waals surface area (Å²) in [5.41, 5.74) is 2.18. The van der Waals surface area contributed by atoms with Crippen LogP contribution in [-0.4, -0.2) is 17.4 Å². The lowest BCUT2D eigenvalue weighted by atomic mass is 9.87. The van der Waals surface area contributed by atoms with Gasteiger partial charge in [-0.15, -0.1) is 0 Å². The Morgan fingerprint density at radius 1 is 0.909 bits per heavy atom. The van der Waals surface area contributed by atoms with Crippen molar-refractivity contribution in [1.82, 2.24) is 0 Å². The minimum atomic E-state index is -0.152. The minimum Gasteiger partial charge on any atom is -0.314 e. The topological polar surface area (TPSA) is 15.6 Å². The molecule has 0 bridgehead atoms. The molecule has 2 aliphatic rings. The molecule has 0 N–H and O–H groups in total. The standard InChI is InChI=1S/C20H18N2/c1-20-15-9-8-14-18(20)21-19(16-10-4-2-5-11-16)22(20)17-12-6-3-7-13-17/h2-15,18H,1H3. The molecule has 0 radical (unpaired) electrons. The van der Waals surface area contributed by atoms with E-state index in [9.17, 15) is 0 Å². The molecule has 0 fully saturated rings. The van der Waals surface area contributed by atoms with Crippen molar-refractivity contribution in [3.63, 3.8) is 0 Å². The molecule has 0 saturated carbocycles. The fraction of sp³-hybridized carbons (Fsp3) is 0.150. The summed E-state index contributed by atoms with van der Waals surface area (Å²) in [6, 6.07) is 21.1. The van der Waals surface area contributed by atoms with Crippen LogP contribution in [0, 0.1) is 0 Å². The van der Waals surface area contributed by atoms with Crippen molar-refractivity contribution in [2.75, 3.05) is 4.90 Å². The number of allylic oxidation sites excluding steroid dienone is 2. The summed E-state index contributed by atoms with van der Waals surface area (Å²) in [6.45, 7) is 2.25. The Bertz CT molecular complexity index is 759. The second-order valence-electron chi connectivity index (χ2n) is 5.90. The molecule has 0 saturated heterocycles. The predicted molar refractivity (Wildman–Crippen MR) is 92.4 cm³/mol. The van der Waals surface area contributed by atoms with Gasteiger partial charge >= 0.3 is 0 Å². The highest BCUT2D eigenvalue weighted by molar-refractivity contribution is 6.13. The molecule has 2 atom stereocenters. The van der Waals surface area contributed by atoms with Gasteiger partial charge in [0.15, 0.2) is 0 Å². The fourth-order valence-electron chi connectivity index (χ4n) is 3.28. The molecule has 2 aromatic carbocycles. The largest absolute Gasteiger partial charge is 0.314 e. The number of fused-ring (bicyclic) bond motifs is 1. The summed E-state index contributed by atoms with van der Waals surface area (Å²) in [5, 5.41) is 0. The minimum absolute atomic E-state index is 0.146. The zero-order chi connectivity index (χ0) is 15.0. The number of aliphatic imine (C=N–C) groups is 1. The maximum atomic E-state index is 5.01. The van der Waals surface area contributed by atoms with Crippen molar-refractivity contribution < 1.29 is 0 Å². The molecule has 1 aliphatic carbocycles. The van der Waals surface area contributed by atoms with Gasteiger partial charge in [0.2, 0.25) is 0 Å². The number of rotatable bonds is 2. The maximum Gasteiger partial charge on any atom is 0.136 e. The molecular weight excluding hydrogens is 268 g/mol. The zero-order valence-corrected chi connectivity index (χ0v) is 12.6. The molecule has 0 spiro atoms. The summed E-state index contributed by atoms with van der Waals surface area (Å²) in [6.07, 6.45) is 8.65.